The summed E-state index contributed by atoms with van der Waals surface area (Å²) in [5.74, 6) is -0.622. The third-order valence-corrected chi connectivity index (χ3v) is 6.98. The lowest BCUT2D eigenvalue weighted by molar-refractivity contribution is -0.146. The van der Waals surface area contributed by atoms with Gasteiger partial charge in [-0.2, -0.15) is 0 Å². The van der Waals surface area contributed by atoms with Crippen LogP contribution in [-0.4, -0.2) is 52.3 Å². The van der Waals surface area contributed by atoms with E-state index < -0.39 is 34.6 Å². The minimum Gasteiger partial charge on any atom is -0.487 e. The normalized spacial score (nSPS) is 18.7. The van der Waals surface area contributed by atoms with Crippen LogP contribution in [0.25, 0.3) is 10.8 Å². The molecule has 1 amide bonds. The fourth-order valence-electron chi connectivity index (χ4n) is 5.26. The molecule has 2 heterocycles. The van der Waals surface area contributed by atoms with Gasteiger partial charge >= 0.3 is 18.0 Å². The molecular formula is C28H35NO7. The van der Waals surface area contributed by atoms with Crippen LogP contribution in [0.4, 0.5) is 4.79 Å². The van der Waals surface area contributed by atoms with Gasteiger partial charge in [0.2, 0.25) is 0 Å². The minimum absolute atomic E-state index is 0.157. The van der Waals surface area contributed by atoms with Crippen molar-refractivity contribution in [1.82, 2.24) is 4.90 Å². The van der Waals surface area contributed by atoms with E-state index in [0.29, 0.717) is 29.5 Å². The number of benzene rings is 2. The summed E-state index contributed by atoms with van der Waals surface area (Å²) in [7, 11) is 0. The van der Waals surface area contributed by atoms with Crippen molar-refractivity contribution < 1.29 is 33.7 Å². The summed E-state index contributed by atoms with van der Waals surface area (Å²) in [6.07, 6.45) is 1.12. The number of amides is 1. The maximum absolute atomic E-state index is 13.1. The van der Waals surface area contributed by atoms with E-state index in [9.17, 15) is 19.5 Å². The van der Waals surface area contributed by atoms with Gasteiger partial charge in [0.05, 0.1) is 0 Å². The lowest BCUT2D eigenvalue weighted by Gasteiger charge is -2.43. The third-order valence-electron chi connectivity index (χ3n) is 6.98. The smallest absolute Gasteiger partial charge is 0.410 e. The Labute approximate surface area is 211 Å². The van der Waals surface area contributed by atoms with Crippen LogP contribution in [0, 0.1) is 0 Å². The first-order valence-electron chi connectivity index (χ1n) is 12.4. The van der Waals surface area contributed by atoms with Crippen LogP contribution in [0.2, 0.25) is 0 Å². The van der Waals surface area contributed by atoms with Gasteiger partial charge in [0.15, 0.2) is 0 Å². The molecule has 0 unspecified atom stereocenters. The zero-order chi connectivity index (χ0) is 26.5. The second kappa shape index (κ2) is 8.98. The van der Waals surface area contributed by atoms with Gasteiger partial charge in [-0.1, -0.05) is 24.3 Å². The number of carboxylic acid groups (broad SMARTS) is 1. The number of carboxylic acids is 1. The molecule has 0 atom stereocenters. The van der Waals surface area contributed by atoms with E-state index in [1.54, 1.807) is 25.7 Å². The van der Waals surface area contributed by atoms with Gasteiger partial charge in [0, 0.05) is 41.9 Å². The summed E-state index contributed by atoms with van der Waals surface area (Å²) in [4.78, 5) is 39.5. The number of likely N-dealkylation sites (tertiary alicyclic amines) is 1. The largest absolute Gasteiger partial charge is 0.487 e. The van der Waals surface area contributed by atoms with Crippen LogP contribution in [0.3, 0.4) is 0 Å². The number of hydrogen-bond acceptors (Lipinski definition) is 6. The van der Waals surface area contributed by atoms with Gasteiger partial charge in [0.25, 0.3) is 0 Å². The summed E-state index contributed by atoms with van der Waals surface area (Å²) >= 11 is 0. The molecule has 0 spiro atoms. The quantitative estimate of drug-likeness (QED) is 0.458. The molecule has 8 heteroatoms. The maximum atomic E-state index is 13.1. The predicted octanol–water partition coefficient (Wildman–Crippen LogP) is 5.22. The highest BCUT2D eigenvalue weighted by Crippen LogP contribution is 2.52. The van der Waals surface area contributed by atoms with E-state index in [2.05, 4.69) is 0 Å². The molecule has 0 aliphatic carbocycles. The van der Waals surface area contributed by atoms with Crippen molar-refractivity contribution in [1.29, 1.82) is 0 Å². The molecule has 2 aromatic carbocycles. The van der Waals surface area contributed by atoms with Gasteiger partial charge in [-0.15, -0.1) is 0 Å². The zero-order valence-electron chi connectivity index (χ0n) is 21.9. The molecule has 1 N–H and O–H groups in total. The highest BCUT2D eigenvalue weighted by molar-refractivity contribution is 6.00. The Morgan fingerprint density at radius 1 is 1.03 bits per heavy atom. The fourth-order valence-corrected chi connectivity index (χ4v) is 5.26. The van der Waals surface area contributed by atoms with E-state index in [1.807, 2.05) is 38.1 Å². The van der Waals surface area contributed by atoms with Crippen LogP contribution < -0.4 is 9.47 Å². The number of fused-ring (bicyclic) bond motifs is 3. The van der Waals surface area contributed by atoms with Crippen molar-refractivity contribution in [3.8, 4) is 11.5 Å². The maximum Gasteiger partial charge on any atom is 0.410 e. The van der Waals surface area contributed by atoms with Crippen LogP contribution in [0.15, 0.2) is 24.3 Å². The molecule has 4 rings (SSSR count). The summed E-state index contributed by atoms with van der Waals surface area (Å²) in [5, 5.41) is 12.1. The predicted molar refractivity (Wildman–Crippen MR) is 135 cm³/mol. The number of nitrogens with zero attached hydrogens (tertiary/aromatic N) is 1. The average Bonchev–Trinajstić information content (AvgIpc) is 2.77. The summed E-state index contributed by atoms with van der Waals surface area (Å²) in [6, 6.07) is 7.45. The van der Waals surface area contributed by atoms with Crippen LogP contribution in [0.5, 0.6) is 11.5 Å². The summed E-state index contributed by atoms with van der Waals surface area (Å²) < 4.78 is 17.7. The van der Waals surface area contributed by atoms with Gasteiger partial charge in [-0.05, 0) is 60.3 Å². The van der Waals surface area contributed by atoms with Crippen molar-refractivity contribution >= 4 is 28.8 Å². The van der Waals surface area contributed by atoms with E-state index in [4.69, 9.17) is 14.2 Å². The molecule has 36 heavy (non-hydrogen) atoms. The summed E-state index contributed by atoms with van der Waals surface area (Å²) in [6.45, 7) is 11.1. The molecule has 194 valence electrons. The third kappa shape index (κ3) is 4.73. The Kier molecular flexibility index (Phi) is 6.43. The second-order valence-electron chi connectivity index (χ2n) is 11.4. The molecule has 2 aromatic rings. The van der Waals surface area contributed by atoms with E-state index in [-0.39, 0.29) is 31.7 Å². The number of piperidine rings is 1. The van der Waals surface area contributed by atoms with Crippen molar-refractivity contribution in [2.75, 3.05) is 13.1 Å². The molecule has 1 fully saturated rings. The lowest BCUT2D eigenvalue weighted by Crippen LogP contribution is -2.51. The first-order valence-corrected chi connectivity index (χ1v) is 12.4. The Balaban J connectivity index is 1.89. The van der Waals surface area contributed by atoms with Crippen LogP contribution in [0.1, 0.15) is 71.9 Å². The molecule has 0 saturated carbocycles. The van der Waals surface area contributed by atoms with E-state index >= 15 is 0 Å². The molecule has 1 saturated heterocycles. The molecule has 0 radical (unpaired) electrons. The number of esters is 1. The standard InChI is InChI=1S/C28H35NO7/c1-17(30)34-23-19-10-8-7-9-18(19)22-20(11-12-27(5,6)35-22)21(23)28(24(31)32)13-15-29(16-14-28)25(33)36-26(2,3)4/h7-10H,11-16H2,1-6H3,(H,31,32). The van der Waals surface area contributed by atoms with Crippen molar-refractivity contribution in [2.24, 2.45) is 0 Å². The zero-order valence-corrected chi connectivity index (χ0v) is 21.9. The Morgan fingerprint density at radius 3 is 2.19 bits per heavy atom. The monoisotopic (exact) mass is 497 g/mol. The molecule has 2 aliphatic heterocycles. The number of ether oxygens (including phenoxy) is 3. The minimum atomic E-state index is -1.36. The number of carbonyl (C=O) groups excluding carboxylic acids is 2. The van der Waals surface area contributed by atoms with Gasteiger partial charge in [-0.25, -0.2) is 4.79 Å². The topological polar surface area (TPSA) is 102 Å². The Morgan fingerprint density at radius 2 is 1.64 bits per heavy atom. The fraction of sp³-hybridized carbons (Fsp3) is 0.536. The number of carbonyl (C=O) groups is 3. The first-order chi connectivity index (χ1) is 16.7. The van der Waals surface area contributed by atoms with Crippen molar-refractivity contribution in [3.05, 3.63) is 35.4 Å². The van der Waals surface area contributed by atoms with E-state index in [0.717, 1.165) is 10.9 Å². The van der Waals surface area contributed by atoms with Crippen molar-refractivity contribution in [3.63, 3.8) is 0 Å². The second-order valence-corrected chi connectivity index (χ2v) is 11.4. The van der Waals surface area contributed by atoms with Gasteiger partial charge in [-0.3, -0.25) is 9.59 Å². The number of aliphatic carboxylic acids is 1. The van der Waals surface area contributed by atoms with Crippen LogP contribution >= 0.6 is 0 Å². The molecule has 0 aromatic heterocycles. The van der Waals surface area contributed by atoms with Crippen molar-refractivity contribution in [2.45, 2.75) is 83.8 Å². The first kappa shape index (κ1) is 25.8. The van der Waals surface area contributed by atoms with Gasteiger partial charge < -0.3 is 24.2 Å². The molecule has 2 aliphatic rings. The van der Waals surface area contributed by atoms with E-state index in [1.165, 1.54) is 6.92 Å². The van der Waals surface area contributed by atoms with Crippen LogP contribution in [-0.2, 0) is 26.2 Å². The summed E-state index contributed by atoms with van der Waals surface area (Å²) in [5.41, 5.74) is -1.19. The highest BCUT2D eigenvalue weighted by atomic mass is 16.6. The van der Waals surface area contributed by atoms with Gasteiger partial charge in [0.1, 0.15) is 28.1 Å². The molecule has 8 nitrogen and oxygen atoms in total. The SMILES string of the molecule is CC(=O)Oc1c(C2(C(=O)O)CCN(C(=O)OC(C)(C)C)CC2)c2c(c3ccccc13)OC(C)(C)CC2. The molecule has 0 bridgehead atoms. The lowest BCUT2D eigenvalue weighted by atomic mass is 9.68. The Bertz CT molecular complexity index is 1220. The average molecular weight is 498 g/mol. The number of hydrogen-bond donors (Lipinski definition) is 1. The molecular weight excluding hydrogens is 462 g/mol. The Hall–Kier alpha value is -3.29. The highest BCUT2D eigenvalue weighted by Gasteiger charge is 2.50. The number of rotatable bonds is 3.